The highest BCUT2D eigenvalue weighted by Crippen LogP contribution is 2.48. The van der Waals surface area contributed by atoms with Crippen LogP contribution in [-0.2, 0) is 15.0 Å². The van der Waals surface area contributed by atoms with Crippen molar-refractivity contribution in [3.05, 3.63) is 34.3 Å². The average Bonchev–Trinajstić information content (AvgIpc) is 3.34. The SMILES string of the molecule is O=C(C1CCCC1)N1CCN(CCNC(=O)C2(c3ccc(Br)cc3)CC2)CC1. The maximum atomic E-state index is 12.7. The van der Waals surface area contributed by atoms with Crippen molar-refractivity contribution < 1.29 is 9.59 Å². The van der Waals surface area contributed by atoms with Crippen LogP contribution < -0.4 is 5.32 Å². The van der Waals surface area contributed by atoms with Crippen molar-refractivity contribution in [2.45, 2.75) is 43.9 Å². The lowest BCUT2D eigenvalue weighted by Gasteiger charge is -2.36. The first-order chi connectivity index (χ1) is 13.6. The number of amides is 2. The van der Waals surface area contributed by atoms with Gasteiger partial charge in [-0.2, -0.15) is 0 Å². The number of hydrogen-bond donors (Lipinski definition) is 1. The molecule has 1 saturated heterocycles. The second kappa shape index (κ2) is 8.54. The Hall–Kier alpha value is -1.40. The topological polar surface area (TPSA) is 52.7 Å². The molecular formula is C22H30BrN3O2. The van der Waals surface area contributed by atoms with Crippen molar-refractivity contribution in [1.29, 1.82) is 0 Å². The Morgan fingerprint density at radius 2 is 1.68 bits per heavy atom. The third-order valence-corrected chi connectivity index (χ3v) is 7.21. The smallest absolute Gasteiger partial charge is 0.230 e. The molecule has 1 aromatic rings. The van der Waals surface area contributed by atoms with E-state index in [9.17, 15) is 9.59 Å². The summed E-state index contributed by atoms with van der Waals surface area (Å²) in [6.07, 6.45) is 6.43. The number of nitrogens with zero attached hydrogens (tertiary/aromatic N) is 2. The average molecular weight is 448 g/mol. The monoisotopic (exact) mass is 447 g/mol. The second-order valence-corrected chi connectivity index (χ2v) is 9.41. The van der Waals surface area contributed by atoms with Crippen molar-refractivity contribution in [1.82, 2.24) is 15.1 Å². The Morgan fingerprint density at radius 3 is 2.29 bits per heavy atom. The highest BCUT2D eigenvalue weighted by atomic mass is 79.9. The molecule has 1 aliphatic heterocycles. The molecule has 152 valence electrons. The minimum atomic E-state index is -0.312. The van der Waals surface area contributed by atoms with Crippen LogP contribution in [0, 0.1) is 5.92 Å². The fourth-order valence-electron chi connectivity index (χ4n) is 4.66. The first kappa shape index (κ1) is 19.9. The highest BCUT2D eigenvalue weighted by Gasteiger charge is 2.51. The third-order valence-electron chi connectivity index (χ3n) is 6.68. The van der Waals surface area contributed by atoms with Crippen LogP contribution in [0.3, 0.4) is 0 Å². The minimum Gasteiger partial charge on any atom is -0.354 e. The molecule has 1 heterocycles. The van der Waals surface area contributed by atoms with E-state index in [1.165, 1.54) is 12.8 Å². The predicted octanol–water partition coefficient (Wildman–Crippen LogP) is 2.93. The van der Waals surface area contributed by atoms with E-state index >= 15 is 0 Å². The zero-order chi connectivity index (χ0) is 19.6. The van der Waals surface area contributed by atoms with Crippen molar-refractivity contribution in [2.24, 2.45) is 5.92 Å². The maximum Gasteiger partial charge on any atom is 0.230 e. The van der Waals surface area contributed by atoms with Crippen molar-refractivity contribution in [3.8, 4) is 0 Å². The Labute approximate surface area is 176 Å². The van der Waals surface area contributed by atoms with Gasteiger partial charge in [0.05, 0.1) is 5.41 Å². The van der Waals surface area contributed by atoms with Crippen LogP contribution in [0.5, 0.6) is 0 Å². The zero-order valence-electron chi connectivity index (χ0n) is 16.5. The van der Waals surface area contributed by atoms with E-state index in [1.54, 1.807) is 0 Å². The summed E-state index contributed by atoms with van der Waals surface area (Å²) in [6, 6.07) is 8.12. The van der Waals surface area contributed by atoms with Crippen LogP contribution in [0.1, 0.15) is 44.1 Å². The molecule has 28 heavy (non-hydrogen) atoms. The number of rotatable bonds is 6. The number of benzene rings is 1. The Bertz CT molecular complexity index is 703. The number of piperazine rings is 1. The van der Waals surface area contributed by atoms with Gasteiger partial charge in [-0.25, -0.2) is 0 Å². The van der Waals surface area contributed by atoms with Gasteiger partial charge in [0, 0.05) is 49.7 Å². The van der Waals surface area contributed by atoms with E-state index in [0.717, 1.165) is 68.4 Å². The van der Waals surface area contributed by atoms with E-state index in [-0.39, 0.29) is 17.2 Å². The number of hydrogen-bond acceptors (Lipinski definition) is 3. The van der Waals surface area contributed by atoms with Crippen molar-refractivity contribution >= 4 is 27.7 Å². The zero-order valence-corrected chi connectivity index (χ0v) is 18.0. The van der Waals surface area contributed by atoms with Gasteiger partial charge in [0.1, 0.15) is 0 Å². The molecule has 4 rings (SSSR count). The second-order valence-electron chi connectivity index (χ2n) is 8.49. The summed E-state index contributed by atoms with van der Waals surface area (Å²) >= 11 is 3.46. The predicted molar refractivity (Wildman–Crippen MR) is 113 cm³/mol. The molecule has 0 atom stereocenters. The van der Waals surface area contributed by atoms with Gasteiger partial charge in [-0.1, -0.05) is 40.9 Å². The fraction of sp³-hybridized carbons (Fsp3) is 0.636. The van der Waals surface area contributed by atoms with Crippen molar-refractivity contribution in [3.63, 3.8) is 0 Å². The lowest BCUT2D eigenvalue weighted by Crippen LogP contribution is -2.51. The molecule has 6 heteroatoms. The molecule has 3 aliphatic rings. The third kappa shape index (κ3) is 4.28. The molecule has 1 N–H and O–H groups in total. The molecule has 3 fully saturated rings. The lowest BCUT2D eigenvalue weighted by molar-refractivity contribution is -0.137. The summed E-state index contributed by atoms with van der Waals surface area (Å²) < 4.78 is 1.04. The Kier molecular flexibility index (Phi) is 6.07. The normalized spacial score (nSPS) is 22.2. The van der Waals surface area contributed by atoms with Gasteiger partial charge in [-0.15, -0.1) is 0 Å². The summed E-state index contributed by atoms with van der Waals surface area (Å²) in [6.45, 7) is 5.00. The van der Waals surface area contributed by atoms with E-state index in [0.29, 0.717) is 12.5 Å². The quantitative estimate of drug-likeness (QED) is 0.728. The fourth-order valence-corrected chi connectivity index (χ4v) is 4.92. The number of carbonyl (C=O) groups is 2. The maximum absolute atomic E-state index is 12.7. The summed E-state index contributed by atoms with van der Waals surface area (Å²) in [5.41, 5.74) is 0.805. The van der Waals surface area contributed by atoms with Crippen LogP contribution in [0.2, 0.25) is 0 Å². The van der Waals surface area contributed by atoms with E-state index < -0.39 is 0 Å². The van der Waals surface area contributed by atoms with Gasteiger partial charge in [0.25, 0.3) is 0 Å². The molecule has 5 nitrogen and oxygen atoms in total. The van der Waals surface area contributed by atoms with Crippen LogP contribution >= 0.6 is 15.9 Å². The molecule has 2 amide bonds. The van der Waals surface area contributed by atoms with E-state index in [2.05, 4.69) is 43.2 Å². The first-order valence-corrected chi connectivity index (χ1v) is 11.4. The standard InChI is InChI=1S/C22H30BrN3O2/c23-19-7-5-18(6-8-19)22(9-10-22)21(28)24-11-12-25-13-15-26(16-14-25)20(27)17-3-1-2-4-17/h5-8,17H,1-4,9-16H2,(H,24,28). The summed E-state index contributed by atoms with van der Waals surface area (Å²) in [7, 11) is 0. The van der Waals surface area contributed by atoms with Crippen LogP contribution in [0.15, 0.2) is 28.7 Å². The molecule has 2 saturated carbocycles. The molecule has 1 aromatic carbocycles. The molecule has 0 unspecified atom stereocenters. The van der Waals surface area contributed by atoms with Gasteiger partial charge >= 0.3 is 0 Å². The van der Waals surface area contributed by atoms with E-state index in [4.69, 9.17) is 0 Å². The molecule has 0 aromatic heterocycles. The van der Waals surface area contributed by atoms with E-state index in [1.807, 2.05) is 12.1 Å². The van der Waals surface area contributed by atoms with Gasteiger partial charge in [-0.3, -0.25) is 14.5 Å². The van der Waals surface area contributed by atoms with Crippen molar-refractivity contribution in [2.75, 3.05) is 39.3 Å². The minimum absolute atomic E-state index is 0.157. The molecular weight excluding hydrogens is 418 g/mol. The van der Waals surface area contributed by atoms with Gasteiger partial charge in [0.15, 0.2) is 0 Å². The Morgan fingerprint density at radius 1 is 1.04 bits per heavy atom. The van der Waals surface area contributed by atoms with Crippen LogP contribution in [0.4, 0.5) is 0 Å². The summed E-state index contributed by atoms with van der Waals surface area (Å²) in [4.78, 5) is 29.7. The van der Waals surface area contributed by atoms with Gasteiger partial charge < -0.3 is 10.2 Å². The molecule has 0 radical (unpaired) electrons. The highest BCUT2D eigenvalue weighted by molar-refractivity contribution is 9.10. The molecule has 0 spiro atoms. The summed E-state index contributed by atoms with van der Waals surface area (Å²) in [5.74, 6) is 0.805. The first-order valence-electron chi connectivity index (χ1n) is 10.6. The Balaban J connectivity index is 1.19. The molecule has 0 bridgehead atoms. The summed E-state index contributed by atoms with van der Waals surface area (Å²) in [5, 5.41) is 3.15. The van der Waals surface area contributed by atoms with Crippen LogP contribution in [0.25, 0.3) is 0 Å². The number of nitrogens with one attached hydrogen (secondary N) is 1. The van der Waals surface area contributed by atoms with Gasteiger partial charge in [-0.05, 0) is 43.4 Å². The van der Waals surface area contributed by atoms with Gasteiger partial charge in [0.2, 0.25) is 11.8 Å². The largest absolute Gasteiger partial charge is 0.354 e. The lowest BCUT2D eigenvalue weighted by atomic mass is 9.95. The number of halogens is 1. The van der Waals surface area contributed by atoms with Crippen LogP contribution in [-0.4, -0.2) is 60.9 Å². The molecule has 2 aliphatic carbocycles. The number of carbonyl (C=O) groups excluding carboxylic acids is 2.